The van der Waals surface area contributed by atoms with E-state index >= 15 is 0 Å². The third-order valence-electron chi connectivity index (χ3n) is 1.15. The molecule has 0 heterocycles. The average Bonchev–Trinajstić information content (AvgIpc) is 1.62. The fourth-order valence-electron chi connectivity index (χ4n) is 0.204. The second kappa shape index (κ2) is 2.27. The van der Waals surface area contributed by atoms with E-state index in [-0.39, 0.29) is 11.5 Å². The van der Waals surface area contributed by atoms with Crippen LogP contribution < -0.4 is 5.73 Å². The summed E-state index contributed by atoms with van der Waals surface area (Å²) < 4.78 is 0. The SMILES string of the molecule is CC(C)(C)C(N)C=O. The highest BCUT2D eigenvalue weighted by molar-refractivity contribution is 5.58. The van der Waals surface area contributed by atoms with Gasteiger partial charge in [0, 0.05) is 0 Å². The zero-order valence-electron chi connectivity index (χ0n) is 5.64. The third-order valence-corrected chi connectivity index (χ3v) is 1.15. The summed E-state index contributed by atoms with van der Waals surface area (Å²) in [4.78, 5) is 10.0. The van der Waals surface area contributed by atoms with Crippen LogP contribution in [0.4, 0.5) is 0 Å². The standard InChI is InChI=1S/C6H13NO/c1-6(2,3)5(7)4-8/h4-5H,7H2,1-3H3. The van der Waals surface area contributed by atoms with Crippen LogP contribution in [0.25, 0.3) is 0 Å². The minimum absolute atomic E-state index is 0.0816. The Bertz CT molecular complexity index is 83.0. The minimum atomic E-state index is -0.331. The van der Waals surface area contributed by atoms with Crippen molar-refractivity contribution in [1.82, 2.24) is 0 Å². The molecule has 0 aromatic heterocycles. The van der Waals surface area contributed by atoms with E-state index < -0.39 is 0 Å². The molecule has 0 aliphatic heterocycles. The van der Waals surface area contributed by atoms with Gasteiger partial charge in [-0.3, -0.25) is 0 Å². The Labute approximate surface area is 50.1 Å². The van der Waals surface area contributed by atoms with Gasteiger partial charge < -0.3 is 10.5 Å². The largest absolute Gasteiger partial charge is 0.321 e. The highest BCUT2D eigenvalue weighted by atomic mass is 16.1. The van der Waals surface area contributed by atoms with E-state index in [0.717, 1.165) is 6.29 Å². The number of nitrogens with two attached hydrogens (primary N) is 1. The fourth-order valence-corrected chi connectivity index (χ4v) is 0.204. The van der Waals surface area contributed by atoms with Crippen molar-refractivity contribution in [2.24, 2.45) is 11.1 Å². The Morgan fingerprint density at radius 3 is 1.88 bits per heavy atom. The van der Waals surface area contributed by atoms with Crippen LogP contribution in [0.15, 0.2) is 0 Å². The van der Waals surface area contributed by atoms with E-state index in [0.29, 0.717) is 0 Å². The third kappa shape index (κ3) is 2.07. The number of hydrogen-bond donors (Lipinski definition) is 1. The predicted molar refractivity (Wildman–Crippen MR) is 33.5 cm³/mol. The van der Waals surface area contributed by atoms with Gasteiger partial charge in [0.05, 0.1) is 6.04 Å². The summed E-state index contributed by atoms with van der Waals surface area (Å²) in [6.45, 7) is 5.81. The molecule has 2 heteroatoms. The summed E-state index contributed by atoms with van der Waals surface area (Å²) >= 11 is 0. The van der Waals surface area contributed by atoms with Crippen LogP contribution in [0.2, 0.25) is 0 Å². The molecule has 1 unspecified atom stereocenters. The monoisotopic (exact) mass is 115 g/mol. The lowest BCUT2D eigenvalue weighted by atomic mass is 9.89. The van der Waals surface area contributed by atoms with Gasteiger partial charge in [-0.05, 0) is 5.41 Å². The van der Waals surface area contributed by atoms with Gasteiger partial charge in [-0.1, -0.05) is 20.8 Å². The Kier molecular flexibility index (Phi) is 2.16. The smallest absolute Gasteiger partial charge is 0.137 e. The van der Waals surface area contributed by atoms with Crippen molar-refractivity contribution < 1.29 is 4.79 Å². The van der Waals surface area contributed by atoms with Crippen molar-refractivity contribution >= 4 is 6.29 Å². The predicted octanol–water partition coefficient (Wildman–Crippen LogP) is 0.559. The van der Waals surface area contributed by atoms with E-state index in [1.807, 2.05) is 20.8 Å². The highest BCUT2D eigenvalue weighted by Gasteiger charge is 2.18. The summed E-state index contributed by atoms with van der Waals surface area (Å²) in [5, 5.41) is 0. The quantitative estimate of drug-likeness (QED) is 0.507. The molecule has 0 fully saturated rings. The zero-order valence-corrected chi connectivity index (χ0v) is 5.64. The van der Waals surface area contributed by atoms with Crippen molar-refractivity contribution in [3.63, 3.8) is 0 Å². The molecule has 0 aromatic carbocycles. The Hall–Kier alpha value is -0.370. The van der Waals surface area contributed by atoms with Gasteiger partial charge in [0.15, 0.2) is 0 Å². The number of rotatable bonds is 1. The first kappa shape index (κ1) is 7.63. The van der Waals surface area contributed by atoms with Crippen LogP contribution in [-0.4, -0.2) is 12.3 Å². The highest BCUT2D eigenvalue weighted by Crippen LogP contribution is 2.14. The molecule has 0 aliphatic rings. The van der Waals surface area contributed by atoms with E-state index in [1.54, 1.807) is 0 Å². The van der Waals surface area contributed by atoms with Crippen molar-refractivity contribution in [2.75, 3.05) is 0 Å². The minimum Gasteiger partial charge on any atom is -0.321 e. The molecular formula is C6H13NO. The second-order valence-electron chi connectivity index (χ2n) is 3.03. The molecule has 0 rings (SSSR count). The van der Waals surface area contributed by atoms with Gasteiger partial charge in [-0.15, -0.1) is 0 Å². The van der Waals surface area contributed by atoms with Crippen LogP contribution in [0.1, 0.15) is 20.8 Å². The molecule has 0 bridgehead atoms. The van der Waals surface area contributed by atoms with Crippen molar-refractivity contribution in [3.8, 4) is 0 Å². The lowest BCUT2D eigenvalue weighted by Crippen LogP contribution is -2.36. The molecule has 2 N–H and O–H groups in total. The molecule has 0 aliphatic carbocycles. The van der Waals surface area contributed by atoms with E-state index in [2.05, 4.69) is 0 Å². The first-order valence-corrected chi connectivity index (χ1v) is 2.69. The van der Waals surface area contributed by atoms with Gasteiger partial charge in [0.2, 0.25) is 0 Å². The van der Waals surface area contributed by atoms with Crippen molar-refractivity contribution in [2.45, 2.75) is 26.8 Å². The van der Waals surface area contributed by atoms with Crippen LogP contribution in [0.5, 0.6) is 0 Å². The van der Waals surface area contributed by atoms with Crippen molar-refractivity contribution in [3.05, 3.63) is 0 Å². The normalized spacial score (nSPS) is 15.5. The molecule has 1 atom stereocenters. The molecule has 0 radical (unpaired) electrons. The molecule has 0 spiro atoms. The summed E-state index contributed by atoms with van der Waals surface area (Å²) in [5.74, 6) is 0. The number of aldehydes is 1. The van der Waals surface area contributed by atoms with Gasteiger partial charge in [-0.25, -0.2) is 0 Å². The maximum absolute atomic E-state index is 10.0. The summed E-state index contributed by atoms with van der Waals surface area (Å²) in [6, 6.07) is -0.331. The molecule has 48 valence electrons. The van der Waals surface area contributed by atoms with Gasteiger partial charge in [-0.2, -0.15) is 0 Å². The fraction of sp³-hybridized carbons (Fsp3) is 0.833. The molecule has 0 aromatic rings. The van der Waals surface area contributed by atoms with Crippen LogP contribution in [0.3, 0.4) is 0 Å². The number of hydrogen-bond acceptors (Lipinski definition) is 2. The van der Waals surface area contributed by atoms with Gasteiger partial charge in [0.1, 0.15) is 6.29 Å². The van der Waals surface area contributed by atoms with Crippen LogP contribution in [-0.2, 0) is 4.79 Å². The summed E-state index contributed by atoms with van der Waals surface area (Å²) in [6.07, 6.45) is 0.778. The van der Waals surface area contributed by atoms with E-state index in [1.165, 1.54) is 0 Å². The lowest BCUT2D eigenvalue weighted by Gasteiger charge is -2.20. The average molecular weight is 115 g/mol. The van der Waals surface area contributed by atoms with Crippen LogP contribution >= 0.6 is 0 Å². The summed E-state index contributed by atoms with van der Waals surface area (Å²) in [7, 11) is 0. The zero-order chi connectivity index (χ0) is 6.78. The Morgan fingerprint density at radius 2 is 1.88 bits per heavy atom. The summed E-state index contributed by atoms with van der Waals surface area (Å²) in [5.41, 5.74) is 5.30. The first-order valence-electron chi connectivity index (χ1n) is 2.69. The second-order valence-corrected chi connectivity index (χ2v) is 3.03. The maximum atomic E-state index is 10.0. The lowest BCUT2D eigenvalue weighted by molar-refractivity contribution is -0.110. The molecular weight excluding hydrogens is 102 g/mol. The molecule has 0 saturated carbocycles. The molecule has 2 nitrogen and oxygen atoms in total. The number of carbonyl (C=O) groups excluding carboxylic acids is 1. The van der Waals surface area contributed by atoms with Crippen LogP contribution in [0, 0.1) is 5.41 Å². The molecule has 8 heavy (non-hydrogen) atoms. The van der Waals surface area contributed by atoms with Crippen molar-refractivity contribution in [1.29, 1.82) is 0 Å². The molecule has 0 amide bonds. The van der Waals surface area contributed by atoms with Gasteiger partial charge in [0.25, 0.3) is 0 Å². The Morgan fingerprint density at radius 1 is 1.50 bits per heavy atom. The Balaban J connectivity index is 3.80. The van der Waals surface area contributed by atoms with E-state index in [9.17, 15) is 4.79 Å². The van der Waals surface area contributed by atoms with Gasteiger partial charge >= 0.3 is 0 Å². The number of carbonyl (C=O) groups is 1. The topological polar surface area (TPSA) is 43.1 Å². The van der Waals surface area contributed by atoms with E-state index in [4.69, 9.17) is 5.73 Å². The maximum Gasteiger partial charge on any atom is 0.137 e. The first-order chi connectivity index (χ1) is 3.48. The molecule has 0 saturated heterocycles.